The zero-order chi connectivity index (χ0) is 13.7. The summed E-state index contributed by atoms with van der Waals surface area (Å²) in [6, 6.07) is 7.25. The van der Waals surface area contributed by atoms with Crippen LogP contribution in [0.4, 0.5) is 0 Å². The topological polar surface area (TPSA) is 43.4 Å². The fraction of sp³-hybridized carbons (Fsp3) is 0.500. The molecule has 1 aliphatic rings. The summed E-state index contributed by atoms with van der Waals surface area (Å²) >= 11 is 0. The van der Waals surface area contributed by atoms with Crippen molar-refractivity contribution in [3.63, 3.8) is 0 Å². The Bertz CT molecular complexity index is 448. The van der Waals surface area contributed by atoms with Crippen LogP contribution in [0.15, 0.2) is 24.3 Å². The van der Waals surface area contributed by atoms with E-state index in [0.717, 1.165) is 25.0 Å². The van der Waals surface area contributed by atoms with Crippen molar-refractivity contribution >= 4 is 11.6 Å². The number of ether oxygens (including phenoxy) is 1. The van der Waals surface area contributed by atoms with Gasteiger partial charge in [0.25, 0.3) is 0 Å². The molecule has 1 saturated carbocycles. The normalized spacial score (nSPS) is 19.2. The van der Waals surface area contributed by atoms with Crippen LogP contribution in [-0.4, -0.2) is 18.2 Å². The molecule has 0 spiro atoms. The number of ketones is 2. The van der Waals surface area contributed by atoms with E-state index < -0.39 is 0 Å². The second kappa shape index (κ2) is 6.50. The summed E-state index contributed by atoms with van der Waals surface area (Å²) in [5.41, 5.74) is 0.684. The zero-order valence-electron chi connectivity index (χ0n) is 11.4. The van der Waals surface area contributed by atoms with Crippen molar-refractivity contribution in [2.75, 3.05) is 6.61 Å². The molecule has 0 saturated heterocycles. The first-order valence-electron chi connectivity index (χ1n) is 6.99. The predicted molar refractivity (Wildman–Crippen MR) is 73.5 cm³/mol. The number of hydrogen-bond acceptors (Lipinski definition) is 3. The maximum absolute atomic E-state index is 12.3. The number of carbonyl (C=O) groups excluding carboxylic acids is 2. The average Bonchev–Trinajstić information content (AvgIpc) is 2.45. The van der Waals surface area contributed by atoms with Gasteiger partial charge in [0.15, 0.2) is 5.78 Å². The van der Waals surface area contributed by atoms with E-state index in [1.807, 2.05) is 12.1 Å². The number of rotatable bonds is 5. The van der Waals surface area contributed by atoms with Crippen LogP contribution in [0, 0.1) is 5.92 Å². The van der Waals surface area contributed by atoms with E-state index in [-0.39, 0.29) is 17.5 Å². The minimum absolute atomic E-state index is 0.0927. The third-order valence-corrected chi connectivity index (χ3v) is 3.46. The smallest absolute Gasteiger partial charge is 0.166 e. The second-order valence-corrected chi connectivity index (χ2v) is 5.07. The minimum atomic E-state index is -0.122. The van der Waals surface area contributed by atoms with Gasteiger partial charge in [0.05, 0.1) is 6.61 Å². The summed E-state index contributed by atoms with van der Waals surface area (Å²) in [6.07, 6.45) is 3.68. The SMILES string of the molecule is CCCOc1ccc(C(=O)C2CCCC(=O)C2)cc1. The van der Waals surface area contributed by atoms with E-state index in [0.29, 0.717) is 25.0 Å². The van der Waals surface area contributed by atoms with Gasteiger partial charge >= 0.3 is 0 Å². The molecule has 1 fully saturated rings. The van der Waals surface area contributed by atoms with Gasteiger partial charge in [-0.15, -0.1) is 0 Å². The Morgan fingerprint density at radius 2 is 2.05 bits per heavy atom. The van der Waals surface area contributed by atoms with Crippen molar-refractivity contribution in [3.8, 4) is 5.75 Å². The van der Waals surface area contributed by atoms with Crippen LogP contribution in [0.2, 0.25) is 0 Å². The number of Topliss-reactive ketones (excluding diaryl/α,β-unsaturated/α-hetero) is 2. The summed E-state index contributed by atoms with van der Waals surface area (Å²) in [5, 5.41) is 0. The van der Waals surface area contributed by atoms with Crippen molar-refractivity contribution < 1.29 is 14.3 Å². The minimum Gasteiger partial charge on any atom is -0.494 e. The molecule has 3 heteroatoms. The van der Waals surface area contributed by atoms with Crippen LogP contribution < -0.4 is 4.74 Å². The summed E-state index contributed by atoms with van der Waals surface area (Å²) in [7, 11) is 0. The van der Waals surface area contributed by atoms with Gasteiger partial charge in [0.2, 0.25) is 0 Å². The van der Waals surface area contributed by atoms with Gasteiger partial charge in [-0.3, -0.25) is 9.59 Å². The van der Waals surface area contributed by atoms with Crippen LogP contribution in [0.3, 0.4) is 0 Å². The maximum Gasteiger partial charge on any atom is 0.166 e. The van der Waals surface area contributed by atoms with E-state index in [2.05, 4.69) is 6.92 Å². The zero-order valence-corrected chi connectivity index (χ0v) is 11.4. The Labute approximate surface area is 114 Å². The summed E-state index contributed by atoms with van der Waals surface area (Å²) in [5.74, 6) is 0.976. The van der Waals surface area contributed by atoms with Crippen molar-refractivity contribution in [2.45, 2.75) is 39.0 Å². The molecule has 19 heavy (non-hydrogen) atoms. The Hall–Kier alpha value is -1.64. The first-order valence-corrected chi connectivity index (χ1v) is 6.99. The number of benzene rings is 1. The first-order chi connectivity index (χ1) is 9.20. The molecule has 1 aromatic rings. The van der Waals surface area contributed by atoms with Gasteiger partial charge in [0.1, 0.15) is 11.5 Å². The van der Waals surface area contributed by atoms with Gasteiger partial charge in [0, 0.05) is 24.3 Å². The Kier molecular flexibility index (Phi) is 4.72. The summed E-state index contributed by atoms with van der Waals surface area (Å²) in [6.45, 7) is 2.74. The standard InChI is InChI=1S/C16H20O3/c1-2-10-19-15-8-6-12(7-9-15)16(18)13-4-3-5-14(17)11-13/h6-9,13H,2-5,10-11H2,1H3. The van der Waals surface area contributed by atoms with E-state index in [4.69, 9.17) is 4.74 Å². The number of hydrogen-bond donors (Lipinski definition) is 0. The molecule has 0 heterocycles. The Morgan fingerprint density at radius 3 is 2.68 bits per heavy atom. The average molecular weight is 260 g/mol. The van der Waals surface area contributed by atoms with E-state index in [1.165, 1.54) is 0 Å². The molecule has 2 rings (SSSR count). The lowest BCUT2D eigenvalue weighted by atomic mass is 9.83. The molecule has 102 valence electrons. The highest BCUT2D eigenvalue weighted by atomic mass is 16.5. The van der Waals surface area contributed by atoms with Crippen LogP contribution in [0.5, 0.6) is 5.75 Å². The fourth-order valence-corrected chi connectivity index (χ4v) is 2.42. The third-order valence-electron chi connectivity index (χ3n) is 3.46. The van der Waals surface area contributed by atoms with Gasteiger partial charge in [-0.1, -0.05) is 6.92 Å². The molecule has 1 aromatic carbocycles. The predicted octanol–water partition coefficient (Wildman–Crippen LogP) is 3.42. The molecule has 3 nitrogen and oxygen atoms in total. The largest absolute Gasteiger partial charge is 0.494 e. The fourth-order valence-electron chi connectivity index (χ4n) is 2.42. The van der Waals surface area contributed by atoms with Crippen molar-refractivity contribution in [3.05, 3.63) is 29.8 Å². The van der Waals surface area contributed by atoms with E-state index in [9.17, 15) is 9.59 Å². The van der Waals surface area contributed by atoms with E-state index >= 15 is 0 Å². The van der Waals surface area contributed by atoms with Crippen molar-refractivity contribution in [1.29, 1.82) is 0 Å². The van der Waals surface area contributed by atoms with Gasteiger partial charge in [-0.2, -0.15) is 0 Å². The highest BCUT2D eigenvalue weighted by molar-refractivity contribution is 6.00. The van der Waals surface area contributed by atoms with Gasteiger partial charge in [-0.25, -0.2) is 0 Å². The molecule has 1 aliphatic carbocycles. The quantitative estimate of drug-likeness (QED) is 0.762. The maximum atomic E-state index is 12.3. The Morgan fingerprint density at radius 1 is 1.32 bits per heavy atom. The Balaban J connectivity index is 2.00. The lowest BCUT2D eigenvalue weighted by Crippen LogP contribution is -2.22. The molecule has 0 radical (unpaired) electrons. The van der Waals surface area contributed by atoms with Crippen LogP contribution in [0.25, 0.3) is 0 Å². The first kappa shape index (κ1) is 13.8. The molecule has 0 N–H and O–H groups in total. The lowest BCUT2D eigenvalue weighted by Gasteiger charge is -2.19. The molecular weight excluding hydrogens is 240 g/mol. The third kappa shape index (κ3) is 3.66. The van der Waals surface area contributed by atoms with Gasteiger partial charge in [-0.05, 0) is 43.5 Å². The summed E-state index contributed by atoms with van der Waals surface area (Å²) in [4.78, 5) is 23.7. The van der Waals surface area contributed by atoms with E-state index in [1.54, 1.807) is 12.1 Å². The van der Waals surface area contributed by atoms with Crippen molar-refractivity contribution in [2.24, 2.45) is 5.92 Å². The lowest BCUT2D eigenvalue weighted by molar-refractivity contribution is -0.121. The van der Waals surface area contributed by atoms with Crippen molar-refractivity contribution in [1.82, 2.24) is 0 Å². The molecule has 1 unspecified atom stereocenters. The monoisotopic (exact) mass is 260 g/mol. The highest BCUT2D eigenvalue weighted by Crippen LogP contribution is 2.25. The van der Waals surface area contributed by atoms with Gasteiger partial charge < -0.3 is 4.74 Å². The van der Waals surface area contributed by atoms with Crippen LogP contribution in [0.1, 0.15) is 49.4 Å². The highest BCUT2D eigenvalue weighted by Gasteiger charge is 2.26. The molecule has 1 atom stereocenters. The molecule has 0 bridgehead atoms. The number of carbonyl (C=O) groups is 2. The van der Waals surface area contributed by atoms with Crippen LogP contribution in [-0.2, 0) is 4.79 Å². The second-order valence-electron chi connectivity index (χ2n) is 5.07. The van der Waals surface area contributed by atoms with Crippen LogP contribution >= 0.6 is 0 Å². The molecular formula is C16H20O3. The molecule has 0 aliphatic heterocycles. The summed E-state index contributed by atoms with van der Waals surface area (Å²) < 4.78 is 5.49. The molecule has 0 amide bonds. The molecule has 0 aromatic heterocycles.